The molecule has 0 bridgehead atoms. The molecule has 2 aliphatic heterocycles. The van der Waals surface area contributed by atoms with E-state index >= 15 is 0 Å². The van der Waals surface area contributed by atoms with E-state index in [0.717, 1.165) is 80.3 Å². The molecule has 0 amide bonds. The van der Waals surface area contributed by atoms with E-state index in [4.69, 9.17) is 19.4 Å². The molecule has 0 atom stereocenters. The summed E-state index contributed by atoms with van der Waals surface area (Å²) in [4.78, 5) is 16.3. The smallest absolute Gasteiger partial charge is 0.227 e. The molecule has 0 radical (unpaired) electrons. The topological polar surface area (TPSA) is 66.0 Å². The van der Waals surface area contributed by atoms with Gasteiger partial charge in [0.2, 0.25) is 5.95 Å². The van der Waals surface area contributed by atoms with Crippen LogP contribution in [0.2, 0.25) is 0 Å². The second-order valence-electron chi connectivity index (χ2n) is 8.12. The molecule has 2 aromatic rings. The van der Waals surface area contributed by atoms with Crippen molar-refractivity contribution in [3.8, 4) is 11.5 Å². The highest BCUT2D eigenvalue weighted by Gasteiger charge is 2.23. The molecule has 3 heterocycles. The maximum atomic E-state index is 6.33. The lowest BCUT2D eigenvalue weighted by Crippen LogP contribution is -2.45. The molecular weight excluding hydrogens is 368 g/mol. The minimum Gasteiger partial charge on any atom is -0.493 e. The van der Waals surface area contributed by atoms with E-state index in [1.807, 2.05) is 31.1 Å². The number of fused-ring (bicyclic) bond motifs is 1. The summed E-state index contributed by atoms with van der Waals surface area (Å²) in [7, 11) is 7.81. The Hall–Kier alpha value is -2.32. The number of nitrogens with one attached hydrogen (secondary N) is 1. The third-order valence-corrected chi connectivity index (χ3v) is 5.73. The first-order valence-electron chi connectivity index (χ1n) is 10.4. The first kappa shape index (κ1) is 20.0. The molecule has 1 aromatic carbocycles. The zero-order valence-electron chi connectivity index (χ0n) is 17.9. The van der Waals surface area contributed by atoms with Crippen LogP contribution < -0.4 is 24.6 Å². The summed E-state index contributed by atoms with van der Waals surface area (Å²) >= 11 is 0. The van der Waals surface area contributed by atoms with Crippen molar-refractivity contribution in [1.82, 2.24) is 20.2 Å². The monoisotopic (exact) mass is 400 g/mol. The Morgan fingerprint density at radius 1 is 1.03 bits per heavy atom. The molecule has 2 fully saturated rings. The molecule has 1 aromatic heterocycles. The van der Waals surface area contributed by atoms with Crippen molar-refractivity contribution >= 4 is 22.7 Å². The van der Waals surface area contributed by atoms with Crippen molar-refractivity contribution in [2.45, 2.75) is 18.9 Å². The lowest BCUT2D eigenvalue weighted by atomic mass is 10.1. The number of hydrogen-bond acceptors (Lipinski definition) is 8. The summed E-state index contributed by atoms with van der Waals surface area (Å²) in [6.07, 6.45) is 2.20. The number of piperidine rings is 1. The van der Waals surface area contributed by atoms with Gasteiger partial charge in [0.15, 0.2) is 11.5 Å². The second-order valence-corrected chi connectivity index (χ2v) is 8.12. The number of likely N-dealkylation sites (N-methyl/N-ethyl adjacent to an activating group) is 1. The third-order valence-electron chi connectivity index (χ3n) is 5.73. The Labute approximate surface area is 172 Å². The molecule has 0 spiro atoms. The standard InChI is InChI=1S/C21H32N6O2/c1-25(2)21-23-17-14-19(29-15-5-7-22-8-6-15)18(28-4)13-16(17)20(24-21)27-11-9-26(3)10-12-27/h13-15,22H,5-12H2,1-4H3. The van der Waals surface area contributed by atoms with Gasteiger partial charge in [-0.25, -0.2) is 4.98 Å². The minimum absolute atomic E-state index is 0.204. The molecular formula is C21H32N6O2. The second kappa shape index (κ2) is 8.59. The van der Waals surface area contributed by atoms with E-state index < -0.39 is 0 Å². The number of nitrogens with zero attached hydrogens (tertiary/aromatic N) is 5. The Morgan fingerprint density at radius 3 is 2.41 bits per heavy atom. The molecule has 29 heavy (non-hydrogen) atoms. The number of benzene rings is 1. The largest absolute Gasteiger partial charge is 0.493 e. The predicted molar refractivity (Wildman–Crippen MR) is 117 cm³/mol. The van der Waals surface area contributed by atoms with Gasteiger partial charge >= 0.3 is 0 Å². The van der Waals surface area contributed by atoms with Crippen LogP contribution in [-0.4, -0.2) is 88.5 Å². The Bertz CT molecular complexity index is 845. The lowest BCUT2D eigenvalue weighted by molar-refractivity contribution is 0.157. The number of methoxy groups -OCH3 is 1. The highest BCUT2D eigenvalue weighted by atomic mass is 16.5. The highest BCUT2D eigenvalue weighted by molar-refractivity contribution is 5.93. The summed E-state index contributed by atoms with van der Waals surface area (Å²) in [5.74, 6) is 3.19. The van der Waals surface area contributed by atoms with E-state index in [1.54, 1.807) is 7.11 Å². The van der Waals surface area contributed by atoms with Crippen molar-refractivity contribution in [1.29, 1.82) is 0 Å². The molecule has 8 nitrogen and oxygen atoms in total. The predicted octanol–water partition coefficient (Wildman–Crippen LogP) is 1.59. The fourth-order valence-electron chi connectivity index (χ4n) is 3.91. The van der Waals surface area contributed by atoms with Gasteiger partial charge < -0.3 is 29.5 Å². The van der Waals surface area contributed by atoms with Gasteiger partial charge in [-0.2, -0.15) is 4.98 Å². The van der Waals surface area contributed by atoms with Gasteiger partial charge in [0.1, 0.15) is 11.9 Å². The van der Waals surface area contributed by atoms with Crippen LogP contribution in [0.15, 0.2) is 12.1 Å². The van der Waals surface area contributed by atoms with Gasteiger partial charge in [-0.1, -0.05) is 0 Å². The maximum absolute atomic E-state index is 6.33. The fraction of sp³-hybridized carbons (Fsp3) is 0.619. The molecule has 0 aliphatic carbocycles. The number of anilines is 2. The van der Waals surface area contributed by atoms with Crippen LogP contribution in [-0.2, 0) is 0 Å². The van der Waals surface area contributed by atoms with Crippen LogP contribution >= 0.6 is 0 Å². The van der Waals surface area contributed by atoms with E-state index in [1.165, 1.54) is 0 Å². The molecule has 158 valence electrons. The SMILES string of the molecule is COc1cc2c(N3CCN(C)CC3)nc(N(C)C)nc2cc1OC1CCNCC1. The van der Waals surface area contributed by atoms with Crippen molar-refractivity contribution in [3.63, 3.8) is 0 Å². The van der Waals surface area contributed by atoms with E-state index in [2.05, 4.69) is 22.2 Å². The van der Waals surface area contributed by atoms with Crippen molar-refractivity contribution in [2.75, 3.05) is 77.3 Å². The minimum atomic E-state index is 0.204. The zero-order chi connectivity index (χ0) is 20.4. The average molecular weight is 401 g/mol. The van der Waals surface area contributed by atoms with Crippen LogP contribution in [0.1, 0.15) is 12.8 Å². The van der Waals surface area contributed by atoms with E-state index in [-0.39, 0.29) is 6.10 Å². The third kappa shape index (κ3) is 4.33. The number of piperazine rings is 1. The van der Waals surface area contributed by atoms with Gasteiger partial charge in [-0.05, 0) is 39.0 Å². The number of aromatic nitrogens is 2. The average Bonchev–Trinajstić information content (AvgIpc) is 2.73. The van der Waals surface area contributed by atoms with E-state index in [0.29, 0.717) is 5.95 Å². The van der Waals surface area contributed by atoms with Gasteiger partial charge in [-0.3, -0.25) is 0 Å². The maximum Gasteiger partial charge on any atom is 0.227 e. The molecule has 4 rings (SSSR count). The summed E-state index contributed by atoms with van der Waals surface area (Å²) in [6, 6.07) is 4.06. The molecule has 2 aliphatic rings. The molecule has 2 saturated heterocycles. The zero-order valence-corrected chi connectivity index (χ0v) is 17.9. The number of ether oxygens (including phenoxy) is 2. The van der Waals surface area contributed by atoms with Gasteiger partial charge in [-0.15, -0.1) is 0 Å². The highest BCUT2D eigenvalue weighted by Crippen LogP contribution is 2.37. The number of hydrogen-bond donors (Lipinski definition) is 1. The number of rotatable bonds is 5. The van der Waals surface area contributed by atoms with Crippen LogP contribution in [0.25, 0.3) is 10.9 Å². The molecule has 0 unspecified atom stereocenters. The van der Waals surface area contributed by atoms with Crippen LogP contribution in [0.4, 0.5) is 11.8 Å². The van der Waals surface area contributed by atoms with Crippen LogP contribution in [0.5, 0.6) is 11.5 Å². The lowest BCUT2D eigenvalue weighted by Gasteiger charge is -2.34. The van der Waals surface area contributed by atoms with Gasteiger partial charge in [0.05, 0.1) is 12.6 Å². The summed E-state index contributed by atoms with van der Waals surface area (Å²) in [5, 5.41) is 4.39. The molecule has 1 N–H and O–H groups in total. The summed E-state index contributed by atoms with van der Waals surface area (Å²) in [6.45, 7) is 5.92. The van der Waals surface area contributed by atoms with Crippen molar-refractivity contribution in [2.24, 2.45) is 0 Å². The van der Waals surface area contributed by atoms with Crippen LogP contribution in [0.3, 0.4) is 0 Å². The Balaban J connectivity index is 1.76. The van der Waals surface area contributed by atoms with Gasteiger partial charge in [0.25, 0.3) is 0 Å². The molecule has 8 heteroatoms. The first-order chi connectivity index (χ1) is 14.0. The quantitative estimate of drug-likeness (QED) is 0.812. The van der Waals surface area contributed by atoms with Crippen molar-refractivity contribution < 1.29 is 9.47 Å². The Morgan fingerprint density at radius 2 is 1.76 bits per heavy atom. The normalized spacial score (nSPS) is 18.8. The first-order valence-corrected chi connectivity index (χ1v) is 10.4. The molecule has 0 saturated carbocycles. The summed E-state index contributed by atoms with van der Waals surface area (Å²) < 4.78 is 12.0. The Kier molecular flexibility index (Phi) is 5.91. The fourth-order valence-corrected chi connectivity index (χ4v) is 3.91. The van der Waals surface area contributed by atoms with Gasteiger partial charge in [0, 0.05) is 51.7 Å². The summed E-state index contributed by atoms with van der Waals surface area (Å²) in [5.41, 5.74) is 0.891. The van der Waals surface area contributed by atoms with Crippen molar-refractivity contribution in [3.05, 3.63) is 12.1 Å². The van der Waals surface area contributed by atoms with Crippen LogP contribution in [0, 0.1) is 0 Å². The van der Waals surface area contributed by atoms with E-state index in [9.17, 15) is 0 Å².